The van der Waals surface area contributed by atoms with Gasteiger partial charge in [-0.3, -0.25) is 4.98 Å². The summed E-state index contributed by atoms with van der Waals surface area (Å²) >= 11 is 3.59. The van der Waals surface area contributed by atoms with E-state index in [1.54, 1.807) is 0 Å². The first kappa shape index (κ1) is 13.3. The Balaban J connectivity index is 2.53. The lowest BCUT2D eigenvalue weighted by atomic mass is 10.1. The summed E-state index contributed by atoms with van der Waals surface area (Å²) in [4.78, 5) is 4.75. The van der Waals surface area contributed by atoms with E-state index < -0.39 is 0 Å². The van der Waals surface area contributed by atoms with E-state index in [1.807, 2.05) is 0 Å². The molecule has 0 spiro atoms. The summed E-state index contributed by atoms with van der Waals surface area (Å²) in [6.07, 6.45) is 3.27. The Morgan fingerprint density at radius 3 is 2.78 bits per heavy atom. The molecule has 2 rings (SSSR count). The van der Waals surface area contributed by atoms with Crippen LogP contribution in [0.4, 0.5) is 5.69 Å². The lowest BCUT2D eigenvalue weighted by Gasteiger charge is -2.12. The summed E-state index contributed by atoms with van der Waals surface area (Å²) in [5.41, 5.74) is 3.42. The van der Waals surface area contributed by atoms with Gasteiger partial charge in [-0.15, -0.1) is 0 Å². The standard InChI is InChI=1S/C15H19BrN2/c1-3-6-11-10-14(17-9-4-2)12-7-5-8-13(16)15(12)18-11/h5,7-8,10H,3-4,6,9H2,1-2H3,(H,17,18). The Kier molecular flexibility index (Phi) is 4.59. The predicted octanol–water partition coefficient (Wildman–Crippen LogP) is 4.77. The molecular weight excluding hydrogens is 288 g/mol. The Morgan fingerprint density at radius 2 is 2.06 bits per heavy atom. The molecule has 1 heterocycles. The third-order valence-electron chi connectivity index (χ3n) is 2.91. The number of pyridine rings is 1. The summed E-state index contributed by atoms with van der Waals surface area (Å²) in [6, 6.07) is 8.42. The maximum absolute atomic E-state index is 4.75. The maximum Gasteiger partial charge on any atom is 0.0867 e. The first-order valence-corrected chi connectivity index (χ1v) is 7.37. The molecule has 0 saturated carbocycles. The summed E-state index contributed by atoms with van der Waals surface area (Å²) in [5, 5.41) is 4.69. The van der Waals surface area contributed by atoms with Crippen LogP contribution in [0, 0.1) is 0 Å². The molecule has 1 N–H and O–H groups in total. The van der Waals surface area contributed by atoms with Gasteiger partial charge in [-0.05, 0) is 40.9 Å². The number of para-hydroxylation sites is 1. The molecule has 0 aliphatic heterocycles. The molecule has 0 radical (unpaired) electrons. The third kappa shape index (κ3) is 2.83. The van der Waals surface area contributed by atoms with E-state index in [2.05, 4.69) is 59.4 Å². The summed E-state index contributed by atoms with van der Waals surface area (Å²) < 4.78 is 1.07. The van der Waals surface area contributed by atoms with E-state index in [-0.39, 0.29) is 0 Å². The molecule has 0 atom stereocenters. The molecule has 0 aliphatic rings. The first-order chi connectivity index (χ1) is 8.76. The van der Waals surface area contributed by atoms with Crippen LogP contribution in [0.2, 0.25) is 0 Å². The molecule has 2 aromatic rings. The van der Waals surface area contributed by atoms with Crippen LogP contribution in [0.3, 0.4) is 0 Å². The van der Waals surface area contributed by atoms with Gasteiger partial charge >= 0.3 is 0 Å². The number of fused-ring (bicyclic) bond motifs is 1. The van der Waals surface area contributed by atoms with Crippen LogP contribution in [-0.4, -0.2) is 11.5 Å². The molecule has 3 heteroatoms. The Hall–Kier alpha value is -1.09. The van der Waals surface area contributed by atoms with Gasteiger partial charge in [0.2, 0.25) is 0 Å². The van der Waals surface area contributed by atoms with Crippen LogP contribution in [0.1, 0.15) is 32.4 Å². The van der Waals surface area contributed by atoms with Crippen molar-refractivity contribution in [2.75, 3.05) is 11.9 Å². The van der Waals surface area contributed by atoms with Crippen molar-refractivity contribution in [1.82, 2.24) is 4.98 Å². The van der Waals surface area contributed by atoms with Crippen molar-refractivity contribution >= 4 is 32.5 Å². The van der Waals surface area contributed by atoms with Crippen molar-refractivity contribution in [3.8, 4) is 0 Å². The zero-order chi connectivity index (χ0) is 13.0. The minimum absolute atomic E-state index is 0.997. The fourth-order valence-corrected chi connectivity index (χ4v) is 2.51. The second kappa shape index (κ2) is 6.19. The van der Waals surface area contributed by atoms with Gasteiger partial charge < -0.3 is 5.32 Å². The van der Waals surface area contributed by atoms with Gasteiger partial charge in [-0.1, -0.05) is 32.4 Å². The minimum atomic E-state index is 0.997. The monoisotopic (exact) mass is 306 g/mol. The normalized spacial score (nSPS) is 10.8. The molecule has 0 fully saturated rings. The summed E-state index contributed by atoms with van der Waals surface area (Å²) in [6.45, 7) is 5.36. The lowest BCUT2D eigenvalue weighted by molar-refractivity contribution is 0.888. The minimum Gasteiger partial charge on any atom is -0.384 e. The SMILES string of the molecule is CCCNc1cc(CCC)nc2c(Br)cccc12. The van der Waals surface area contributed by atoms with E-state index in [0.29, 0.717) is 0 Å². The fourth-order valence-electron chi connectivity index (χ4n) is 2.06. The second-order valence-corrected chi connectivity index (χ2v) is 5.33. The second-order valence-electron chi connectivity index (χ2n) is 4.47. The quantitative estimate of drug-likeness (QED) is 0.860. The van der Waals surface area contributed by atoms with Crippen molar-refractivity contribution < 1.29 is 0 Å². The number of nitrogens with zero attached hydrogens (tertiary/aromatic N) is 1. The number of anilines is 1. The van der Waals surface area contributed by atoms with E-state index in [9.17, 15) is 0 Å². The molecule has 0 amide bonds. The number of aromatic nitrogens is 1. The van der Waals surface area contributed by atoms with Crippen molar-refractivity contribution in [2.45, 2.75) is 33.1 Å². The Morgan fingerprint density at radius 1 is 1.22 bits per heavy atom. The van der Waals surface area contributed by atoms with Gasteiger partial charge in [0.05, 0.1) is 5.52 Å². The van der Waals surface area contributed by atoms with Crippen LogP contribution < -0.4 is 5.32 Å². The predicted molar refractivity (Wildman–Crippen MR) is 82.2 cm³/mol. The van der Waals surface area contributed by atoms with Gasteiger partial charge in [-0.2, -0.15) is 0 Å². The van der Waals surface area contributed by atoms with E-state index in [4.69, 9.17) is 4.98 Å². The highest BCUT2D eigenvalue weighted by Crippen LogP contribution is 2.29. The molecule has 2 nitrogen and oxygen atoms in total. The molecular formula is C15H19BrN2. The Bertz CT molecular complexity index is 537. The molecule has 96 valence electrons. The van der Waals surface area contributed by atoms with Crippen molar-refractivity contribution in [3.63, 3.8) is 0 Å². The molecule has 0 saturated heterocycles. The summed E-state index contributed by atoms with van der Waals surface area (Å²) in [5.74, 6) is 0. The molecule has 0 unspecified atom stereocenters. The third-order valence-corrected chi connectivity index (χ3v) is 3.55. The number of nitrogens with one attached hydrogen (secondary N) is 1. The smallest absolute Gasteiger partial charge is 0.0867 e. The zero-order valence-electron chi connectivity index (χ0n) is 11.0. The number of hydrogen-bond acceptors (Lipinski definition) is 2. The molecule has 18 heavy (non-hydrogen) atoms. The number of halogens is 1. The van der Waals surface area contributed by atoms with Crippen LogP contribution in [0.15, 0.2) is 28.7 Å². The van der Waals surface area contributed by atoms with Gasteiger partial charge in [0.1, 0.15) is 0 Å². The van der Waals surface area contributed by atoms with Crippen LogP contribution in [0.5, 0.6) is 0 Å². The maximum atomic E-state index is 4.75. The number of rotatable bonds is 5. The lowest BCUT2D eigenvalue weighted by Crippen LogP contribution is -2.03. The summed E-state index contributed by atoms with van der Waals surface area (Å²) in [7, 11) is 0. The number of aryl methyl sites for hydroxylation is 1. The van der Waals surface area contributed by atoms with E-state index in [1.165, 1.54) is 11.1 Å². The number of hydrogen-bond donors (Lipinski definition) is 1. The van der Waals surface area contributed by atoms with Crippen LogP contribution in [-0.2, 0) is 6.42 Å². The van der Waals surface area contributed by atoms with Gasteiger partial charge in [0, 0.05) is 27.8 Å². The van der Waals surface area contributed by atoms with Crippen molar-refractivity contribution in [2.24, 2.45) is 0 Å². The van der Waals surface area contributed by atoms with Crippen molar-refractivity contribution in [3.05, 3.63) is 34.4 Å². The zero-order valence-corrected chi connectivity index (χ0v) is 12.5. The topological polar surface area (TPSA) is 24.9 Å². The van der Waals surface area contributed by atoms with Gasteiger partial charge in [-0.25, -0.2) is 0 Å². The molecule has 0 bridgehead atoms. The highest BCUT2D eigenvalue weighted by Gasteiger charge is 2.07. The molecule has 0 aliphatic carbocycles. The molecule has 1 aromatic carbocycles. The van der Waals surface area contributed by atoms with Gasteiger partial charge in [0.25, 0.3) is 0 Å². The Labute approximate surface area is 117 Å². The fraction of sp³-hybridized carbons (Fsp3) is 0.400. The average molecular weight is 307 g/mol. The van der Waals surface area contributed by atoms with Crippen molar-refractivity contribution in [1.29, 1.82) is 0 Å². The van der Waals surface area contributed by atoms with E-state index >= 15 is 0 Å². The molecule has 1 aromatic heterocycles. The average Bonchev–Trinajstić information content (AvgIpc) is 2.37. The van der Waals surface area contributed by atoms with E-state index in [0.717, 1.165) is 41.5 Å². The van der Waals surface area contributed by atoms with Crippen LogP contribution >= 0.6 is 15.9 Å². The first-order valence-electron chi connectivity index (χ1n) is 6.58. The largest absolute Gasteiger partial charge is 0.384 e. The number of benzene rings is 1. The highest BCUT2D eigenvalue weighted by molar-refractivity contribution is 9.10. The van der Waals surface area contributed by atoms with Crippen LogP contribution in [0.25, 0.3) is 10.9 Å². The van der Waals surface area contributed by atoms with Gasteiger partial charge in [0.15, 0.2) is 0 Å². The highest BCUT2D eigenvalue weighted by atomic mass is 79.9.